The number of aryl methyl sites for hydroxylation is 1. The molecule has 1 aromatic carbocycles. The fraction of sp³-hybridized carbons (Fsp3) is 0.182. The van der Waals surface area contributed by atoms with Crippen molar-refractivity contribution in [3.05, 3.63) is 81.8 Å². The lowest BCUT2D eigenvalue weighted by molar-refractivity contribution is -0.137. The standard InChI is InChI=1S/C22H19ClF3N5O/c1-12-7-14(9-28-8-12)10-29-20-18(13(2)27)19(23)17(11-30-20)21(32)31-16-5-3-15(4-6-16)22(24,25)26/h3-9,11,27H,10H2,1-2H3,(H,29,30)(H,31,32). The zero-order valence-corrected chi connectivity index (χ0v) is 17.9. The fourth-order valence-electron chi connectivity index (χ4n) is 2.96. The van der Waals surface area contributed by atoms with E-state index in [4.69, 9.17) is 17.0 Å². The van der Waals surface area contributed by atoms with Crippen LogP contribution in [-0.2, 0) is 12.7 Å². The first-order valence-corrected chi connectivity index (χ1v) is 9.81. The lowest BCUT2D eigenvalue weighted by Gasteiger charge is -2.15. The van der Waals surface area contributed by atoms with Gasteiger partial charge in [0.15, 0.2) is 0 Å². The molecule has 10 heteroatoms. The predicted molar refractivity (Wildman–Crippen MR) is 117 cm³/mol. The van der Waals surface area contributed by atoms with Gasteiger partial charge < -0.3 is 16.0 Å². The Balaban J connectivity index is 1.82. The number of alkyl halides is 3. The lowest BCUT2D eigenvalue weighted by atomic mass is 10.1. The van der Waals surface area contributed by atoms with Crippen LogP contribution in [0.15, 0.2) is 48.9 Å². The molecule has 0 saturated heterocycles. The second kappa shape index (κ2) is 9.35. The van der Waals surface area contributed by atoms with Crippen molar-refractivity contribution < 1.29 is 18.0 Å². The van der Waals surface area contributed by atoms with E-state index < -0.39 is 17.6 Å². The highest BCUT2D eigenvalue weighted by Crippen LogP contribution is 2.31. The van der Waals surface area contributed by atoms with Crippen LogP contribution in [0, 0.1) is 12.3 Å². The van der Waals surface area contributed by atoms with Gasteiger partial charge in [-0.05, 0) is 49.2 Å². The molecule has 0 radical (unpaired) electrons. The first-order chi connectivity index (χ1) is 15.1. The summed E-state index contributed by atoms with van der Waals surface area (Å²) in [7, 11) is 0. The molecule has 2 aromatic heterocycles. The van der Waals surface area contributed by atoms with E-state index in [2.05, 4.69) is 20.6 Å². The maximum atomic E-state index is 12.7. The van der Waals surface area contributed by atoms with Gasteiger partial charge in [-0.2, -0.15) is 13.2 Å². The van der Waals surface area contributed by atoms with Crippen molar-refractivity contribution in [2.45, 2.75) is 26.6 Å². The summed E-state index contributed by atoms with van der Waals surface area (Å²) in [6.07, 6.45) is 0.217. The highest BCUT2D eigenvalue weighted by molar-refractivity contribution is 6.38. The number of anilines is 2. The highest BCUT2D eigenvalue weighted by Gasteiger charge is 2.30. The van der Waals surface area contributed by atoms with Crippen molar-refractivity contribution in [1.29, 1.82) is 5.41 Å². The van der Waals surface area contributed by atoms with Crippen molar-refractivity contribution in [3.63, 3.8) is 0 Å². The fourth-order valence-corrected chi connectivity index (χ4v) is 3.33. The maximum Gasteiger partial charge on any atom is 0.416 e. The van der Waals surface area contributed by atoms with E-state index >= 15 is 0 Å². The molecule has 0 aliphatic carbocycles. The van der Waals surface area contributed by atoms with Crippen LogP contribution in [0.5, 0.6) is 0 Å². The number of pyridine rings is 2. The topological polar surface area (TPSA) is 90.8 Å². The quantitative estimate of drug-likeness (QED) is 0.410. The van der Waals surface area contributed by atoms with Crippen molar-refractivity contribution in [2.75, 3.05) is 10.6 Å². The Kier molecular flexibility index (Phi) is 6.78. The normalized spacial score (nSPS) is 11.2. The zero-order valence-electron chi connectivity index (χ0n) is 17.1. The summed E-state index contributed by atoms with van der Waals surface area (Å²) in [4.78, 5) is 21.0. The molecule has 1 amide bonds. The number of aromatic nitrogens is 2. The number of nitrogens with one attached hydrogen (secondary N) is 3. The van der Waals surface area contributed by atoms with Crippen LogP contribution in [-0.4, -0.2) is 21.6 Å². The van der Waals surface area contributed by atoms with Gasteiger partial charge >= 0.3 is 6.18 Å². The molecule has 2 heterocycles. The zero-order chi connectivity index (χ0) is 23.5. The Bertz CT molecular complexity index is 1160. The number of carbonyl (C=O) groups excluding carboxylic acids is 1. The molecule has 32 heavy (non-hydrogen) atoms. The highest BCUT2D eigenvalue weighted by atomic mass is 35.5. The monoisotopic (exact) mass is 461 g/mol. The second-order valence-electron chi connectivity index (χ2n) is 7.09. The summed E-state index contributed by atoms with van der Waals surface area (Å²) in [5, 5.41) is 13.7. The Labute approximate surface area is 187 Å². The maximum absolute atomic E-state index is 12.7. The van der Waals surface area contributed by atoms with Crippen LogP contribution < -0.4 is 10.6 Å². The summed E-state index contributed by atoms with van der Waals surface area (Å²) >= 11 is 6.42. The van der Waals surface area contributed by atoms with Crippen LogP contribution in [0.25, 0.3) is 0 Å². The number of amides is 1. The van der Waals surface area contributed by atoms with Gasteiger partial charge in [0.05, 0.1) is 21.7 Å². The van der Waals surface area contributed by atoms with E-state index in [1.54, 1.807) is 12.4 Å². The molecular weight excluding hydrogens is 443 g/mol. The average molecular weight is 462 g/mol. The molecule has 0 aliphatic heterocycles. The Morgan fingerprint density at radius 3 is 2.44 bits per heavy atom. The summed E-state index contributed by atoms with van der Waals surface area (Å²) in [5.74, 6) is -0.325. The van der Waals surface area contributed by atoms with E-state index in [1.807, 2.05) is 13.0 Å². The summed E-state index contributed by atoms with van der Waals surface area (Å²) in [5.41, 5.74) is 1.59. The molecule has 6 nitrogen and oxygen atoms in total. The number of rotatable bonds is 6. The van der Waals surface area contributed by atoms with Crippen LogP contribution in [0.2, 0.25) is 5.02 Å². The Morgan fingerprint density at radius 2 is 1.84 bits per heavy atom. The molecule has 0 spiro atoms. The molecule has 3 rings (SSSR count). The number of hydrogen-bond acceptors (Lipinski definition) is 5. The number of nitrogens with zero attached hydrogens (tertiary/aromatic N) is 2. The van der Waals surface area contributed by atoms with Crippen LogP contribution >= 0.6 is 11.6 Å². The Hall–Kier alpha value is -3.46. The summed E-state index contributed by atoms with van der Waals surface area (Å²) < 4.78 is 38.1. The van der Waals surface area contributed by atoms with Crippen LogP contribution in [0.4, 0.5) is 24.7 Å². The minimum absolute atomic E-state index is 0.00376. The number of halogens is 4. The molecular formula is C22H19ClF3N5O. The molecule has 3 aromatic rings. The predicted octanol–water partition coefficient (Wildman–Crippen LogP) is 5.71. The van der Waals surface area contributed by atoms with Gasteiger partial charge in [-0.1, -0.05) is 17.7 Å². The largest absolute Gasteiger partial charge is 0.416 e. The van der Waals surface area contributed by atoms with Crippen LogP contribution in [0.1, 0.15) is 39.5 Å². The third kappa shape index (κ3) is 5.42. The summed E-state index contributed by atoms with van der Waals surface area (Å²) in [6, 6.07) is 5.99. The lowest BCUT2D eigenvalue weighted by Crippen LogP contribution is -2.16. The van der Waals surface area contributed by atoms with Gasteiger partial charge in [0.2, 0.25) is 0 Å². The molecule has 0 atom stereocenters. The smallest absolute Gasteiger partial charge is 0.365 e. The van der Waals surface area contributed by atoms with Gasteiger partial charge in [-0.3, -0.25) is 9.78 Å². The average Bonchev–Trinajstić information content (AvgIpc) is 2.71. The van der Waals surface area contributed by atoms with Gasteiger partial charge in [-0.15, -0.1) is 0 Å². The first kappa shape index (κ1) is 23.2. The van der Waals surface area contributed by atoms with Crippen molar-refractivity contribution in [2.24, 2.45) is 0 Å². The first-order valence-electron chi connectivity index (χ1n) is 9.43. The molecule has 0 saturated carbocycles. The van der Waals surface area contributed by atoms with Crippen molar-refractivity contribution >= 4 is 34.7 Å². The molecule has 3 N–H and O–H groups in total. The van der Waals surface area contributed by atoms with Crippen LogP contribution in [0.3, 0.4) is 0 Å². The molecule has 0 unspecified atom stereocenters. The van der Waals surface area contributed by atoms with Gasteiger partial charge in [0, 0.05) is 36.5 Å². The van der Waals surface area contributed by atoms with E-state index in [1.165, 1.54) is 13.1 Å². The second-order valence-corrected chi connectivity index (χ2v) is 7.47. The third-order valence-corrected chi connectivity index (χ3v) is 4.89. The third-order valence-electron chi connectivity index (χ3n) is 4.50. The minimum atomic E-state index is -4.47. The van der Waals surface area contributed by atoms with Gasteiger partial charge in [0.25, 0.3) is 5.91 Å². The number of carbonyl (C=O) groups is 1. The Morgan fingerprint density at radius 1 is 1.16 bits per heavy atom. The molecule has 166 valence electrons. The number of benzene rings is 1. The van der Waals surface area contributed by atoms with Gasteiger partial charge in [-0.25, -0.2) is 4.98 Å². The van der Waals surface area contributed by atoms with E-state index in [0.29, 0.717) is 12.4 Å². The van der Waals surface area contributed by atoms with E-state index in [0.717, 1.165) is 35.4 Å². The van der Waals surface area contributed by atoms with E-state index in [9.17, 15) is 18.0 Å². The SMILES string of the molecule is CC(=N)c1c(NCc2cncc(C)c2)ncc(C(=O)Nc2ccc(C(F)(F)F)cc2)c1Cl. The molecule has 0 fully saturated rings. The summed E-state index contributed by atoms with van der Waals surface area (Å²) in [6.45, 7) is 3.82. The number of hydrogen-bond donors (Lipinski definition) is 3. The minimum Gasteiger partial charge on any atom is -0.365 e. The molecule has 0 aliphatic rings. The van der Waals surface area contributed by atoms with E-state index in [-0.39, 0.29) is 27.5 Å². The van der Waals surface area contributed by atoms with Gasteiger partial charge in [0.1, 0.15) is 5.82 Å². The molecule has 0 bridgehead atoms. The van der Waals surface area contributed by atoms with Crippen molar-refractivity contribution in [1.82, 2.24) is 9.97 Å². The van der Waals surface area contributed by atoms with Crippen molar-refractivity contribution in [3.8, 4) is 0 Å².